The van der Waals surface area contributed by atoms with Gasteiger partial charge in [-0.15, -0.1) is 0 Å². The van der Waals surface area contributed by atoms with Crippen LogP contribution in [0.25, 0.3) is 5.69 Å². The molecule has 22 nitrogen and oxygen atoms in total. The van der Waals surface area contributed by atoms with Crippen LogP contribution in [0.4, 0.5) is 0 Å². The second-order valence-corrected chi connectivity index (χ2v) is 23.9. The first-order chi connectivity index (χ1) is 39.4. The highest BCUT2D eigenvalue weighted by Crippen LogP contribution is 2.39. The van der Waals surface area contributed by atoms with Gasteiger partial charge in [0.25, 0.3) is 11.7 Å². The predicted molar refractivity (Wildman–Crippen MR) is 304 cm³/mol. The number of methoxy groups -OCH3 is 3. The van der Waals surface area contributed by atoms with Crippen LogP contribution in [-0.4, -0.2) is 163 Å². The highest BCUT2D eigenvalue weighted by atomic mass is 16.6. The number of fused-ring (bicyclic) bond motifs is 15. The molecule has 5 aliphatic heterocycles. The maximum Gasteiger partial charge on any atom is 0.352 e. The molecule has 4 N–H and O–H groups in total. The fraction of sp³-hybridized carbons (Fsp3) is 0.672. The van der Waals surface area contributed by atoms with Crippen molar-refractivity contribution in [3.05, 3.63) is 86.8 Å². The van der Waals surface area contributed by atoms with Crippen molar-refractivity contribution < 1.29 is 72.9 Å². The van der Waals surface area contributed by atoms with Crippen molar-refractivity contribution in [2.45, 2.75) is 192 Å². The summed E-state index contributed by atoms with van der Waals surface area (Å²) in [6.45, 7) is 11.4. The molecule has 8 rings (SSSR count). The Hall–Kier alpha value is -5.88. The molecule has 1 aliphatic carbocycles. The van der Waals surface area contributed by atoms with Gasteiger partial charge in [-0.2, -0.15) is 0 Å². The van der Waals surface area contributed by atoms with Crippen molar-refractivity contribution in [2.75, 3.05) is 34.5 Å². The number of aromatic nitrogens is 3. The van der Waals surface area contributed by atoms with Crippen molar-refractivity contribution >= 4 is 35.1 Å². The number of carbonyl (C=O) groups is 5. The van der Waals surface area contributed by atoms with Crippen LogP contribution < -0.4 is 11.4 Å². The van der Waals surface area contributed by atoms with Crippen LogP contribution in [0.3, 0.4) is 0 Å². The van der Waals surface area contributed by atoms with Gasteiger partial charge >= 0.3 is 23.3 Å². The molecular weight excluding hydrogens is 1070 g/mol. The third kappa shape index (κ3) is 14.6. The molecule has 83 heavy (non-hydrogen) atoms. The quantitative estimate of drug-likeness (QED) is 0.0999. The third-order valence-electron chi connectivity index (χ3n) is 18.0. The van der Waals surface area contributed by atoms with E-state index < -0.39 is 138 Å². The van der Waals surface area contributed by atoms with E-state index in [-0.39, 0.29) is 49.6 Å². The number of benzene rings is 1. The zero-order valence-electron chi connectivity index (χ0n) is 49.7. The number of allylic oxidation sites excluding steroid dienone is 4. The Labute approximate surface area is 485 Å². The van der Waals surface area contributed by atoms with Crippen molar-refractivity contribution in [3.8, 4) is 5.69 Å². The van der Waals surface area contributed by atoms with E-state index in [2.05, 4.69) is 5.16 Å². The molecule has 3 unspecified atom stereocenters. The van der Waals surface area contributed by atoms with Gasteiger partial charge in [0.15, 0.2) is 0 Å². The number of oxime groups is 1. The number of nitrogens with zero attached hydrogens (tertiary/aromatic N) is 5. The Morgan fingerprint density at radius 1 is 0.831 bits per heavy atom. The number of hydrogen-bond acceptors (Lipinski definition) is 17. The number of aliphatic carboxylic acids is 1. The van der Waals surface area contributed by atoms with E-state index in [1.807, 2.05) is 26.0 Å². The minimum Gasteiger partial charge on any atom is -0.479 e. The van der Waals surface area contributed by atoms with Gasteiger partial charge in [-0.25, -0.2) is 33.1 Å². The molecule has 22 heteroatoms. The molecule has 17 atom stereocenters. The first-order valence-electron chi connectivity index (χ1n) is 29.3. The number of piperidine rings is 1. The summed E-state index contributed by atoms with van der Waals surface area (Å²) in [7, 11) is 4.39. The number of carboxylic acid groups (broad SMARTS) is 1. The van der Waals surface area contributed by atoms with Gasteiger partial charge in [0.05, 0.1) is 47.9 Å². The molecule has 1 amide bonds. The van der Waals surface area contributed by atoms with E-state index in [0.717, 1.165) is 9.47 Å². The number of para-hydroxylation sites is 1. The number of amides is 1. The Bertz CT molecular complexity index is 2870. The first kappa shape index (κ1) is 64.7. The summed E-state index contributed by atoms with van der Waals surface area (Å²) in [5, 5.41) is 48.8. The van der Waals surface area contributed by atoms with Crippen LogP contribution in [0.2, 0.25) is 0 Å². The molecular formula is C61H87N5O17. The van der Waals surface area contributed by atoms with E-state index >= 15 is 0 Å². The highest BCUT2D eigenvalue weighted by molar-refractivity contribution is 6.39. The van der Waals surface area contributed by atoms with Crippen LogP contribution in [0.1, 0.15) is 138 Å². The summed E-state index contributed by atoms with van der Waals surface area (Å²) in [6, 6.07) is 5.73. The maximum absolute atomic E-state index is 14.8. The molecule has 3 fully saturated rings. The highest BCUT2D eigenvalue weighted by Gasteiger charge is 2.53. The minimum absolute atomic E-state index is 0.0135. The predicted octanol–water partition coefficient (Wildman–Crippen LogP) is 5.42. The summed E-state index contributed by atoms with van der Waals surface area (Å²) in [6.07, 6.45) is 4.88. The Balaban J connectivity index is 1.31. The van der Waals surface area contributed by atoms with Crippen molar-refractivity contribution in [2.24, 2.45) is 40.7 Å². The lowest BCUT2D eigenvalue weighted by atomic mass is 9.78. The van der Waals surface area contributed by atoms with Crippen LogP contribution in [-0.2, 0) is 52.5 Å². The Kier molecular flexibility index (Phi) is 22.1. The molecule has 0 radical (unpaired) electrons. The smallest absolute Gasteiger partial charge is 0.352 e. The summed E-state index contributed by atoms with van der Waals surface area (Å²) in [4.78, 5) is 106. The summed E-state index contributed by atoms with van der Waals surface area (Å²) in [5.74, 6) is -10.5. The standard InChI is InChI=1S/C61H87N5O17/c1-34-26-38(5)53(62-81-33-52(69)70)55(80-10)54(71)39(6)27-35(2)48(68)32-50(36(3)28-41-20-24-47(67)51(30-41)79-9)82-58(74)46-18-14-15-25-63(46)57(73)56(72)61(77)40(7)19-22-44(83-61)31-49(78-8)37(4)29-43-21-23-45(34)66-60(76)64(59(75)65(43)66)42-16-12-11-13-17-42/h11-13,16-17,21,23,27,29,34-36,38,40-41,43-47,49-51,54-55,67,71,77H,14-15,18-20,22,24-26,28,30-33H2,1-10H3,(H,69,70)/b37-29+,39-27+,62-53-/t34-,35+,36+,38+,40+,41-,43?,44-,45?,46?,47+,49-,50-,51+,54+,55-,61+/m0/s1. The third-order valence-corrected chi connectivity index (χ3v) is 18.0. The van der Waals surface area contributed by atoms with Crippen LogP contribution in [0.15, 0.2) is 80.5 Å². The second kappa shape index (κ2) is 28.3. The van der Waals surface area contributed by atoms with Gasteiger partial charge in [-0.05, 0) is 119 Å². The Morgan fingerprint density at radius 2 is 1.54 bits per heavy atom. The molecule has 1 saturated carbocycles. The average molecular weight is 1160 g/mol. The molecule has 6 heterocycles. The number of ether oxygens (including phenoxy) is 5. The second-order valence-electron chi connectivity index (χ2n) is 23.9. The lowest BCUT2D eigenvalue weighted by Crippen LogP contribution is -2.61. The topological polar surface area (TPSA) is 286 Å². The van der Waals surface area contributed by atoms with E-state index in [0.29, 0.717) is 68.2 Å². The maximum atomic E-state index is 14.8. The van der Waals surface area contributed by atoms with E-state index in [4.69, 9.17) is 28.5 Å². The molecule has 1 aromatic heterocycles. The summed E-state index contributed by atoms with van der Waals surface area (Å²) >= 11 is 0. The summed E-state index contributed by atoms with van der Waals surface area (Å²) in [5.41, 5.74) is 0.170. The average Bonchev–Trinajstić information content (AvgIpc) is 2.19. The minimum atomic E-state index is -2.57. The number of ketones is 2. The molecule has 6 aliphatic rings. The number of carbonyl (C=O) groups excluding carboxylic acids is 4. The molecule has 0 spiro atoms. The number of hydrogen-bond donors (Lipinski definition) is 4. The van der Waals surface area contributed by atoms with E-state index in [1.54, 1.807) is 84.2 Å². The zero-order valence-corrected chi connectivity index (χ0v) is 49.7. The van der Waals surface area contributed by atoms with Crippen molar-refractivity contribution in [3.63, 3.8) is 0 Å². The largest absolute Gasteiger partial charge is 0.479 e. The van der Waals surface area contributed by atoms with Crippen molar-refractivity contribution in [1.29, 1.82) is 0 Å². The van der Waals surface area contributed by atoms with E-state index in [1.165, 1.54) is 23.6 Å². The molecule has 2 saturated heterocycles. The number of carboxylic acids is 1. The fourth-order valence-corrected chi connectivity index (χ4v) is 13.0. The monoisotopic (exact) mass is 1160 g/mol. The van der Waals surface area contributed by atoms with Gasteiger partial charge in [0.2, 0.25) is 12.4 Å². The SMILES string of the molecule is CO[C@H]1C[C@@H]2CC[C@@H](C)[C@@](O)(O2)C(=O)C(=O)N2CCCCC2C(=O)O[C@H]([C@H](C)C[C@@H]2CC[C@@H](O)[C@H](OC)C2)CC(=O)[C@H](C)/C=C(\C)[C@@H](O)[C@@H](OC)/C(=N\OCC(=O)O)[C@H](C)C[C@H](C)C2C=CC(/C=C/1C)n1c(=O)n(-c3ccccc3)c(=O)n12. The van der Waals surface area contributed by atoms with E-state index in [9.17, 15) is 54.0 Å². The number of aliphatic hydroxyl groups is 3. The lowest BCUT2D eigenvalue weighted by Gasteiger charge is -2.42. The molecule has 1 aromatic carbocycles. The van der Waals surface area contributed by atoms with Gasteiger partial charge in [-0.1, -0.05) is 82.3 Å². The molecule has 4 bridgehead atoms. The van der Waals surface area contributed by atoms with Crippen molar-refractivity contribution in [1.82, 2.24) is 18.8 Å². The van der Waals surface area contributed by atoms with Crippen LogP contribution in [0, 0.1) is 35.5 Å². The lowest BCUT2D eigenvalue weighted by molar-refractivity contribution is -0.265. The number of aliphatic hydroxyl groups excluding tert-OH is 2. The first-order valence-corrected chi connectivity index (χ1v) is 29.3. The van der Waals surface area contributed by atoms with Crippen LogP contribution >= 0.6 is 0 Å². The molecule has 458 valence electrons. The molecule has 2 aromatic rings. The van der Waals surface area contributed by atoms with Crippen LogP contribution in [0.5, 0.6) is 0 Å². The fourth-order valence-electron chi connectivity index (χ4n) is 13.0. The van der Waals surface area contributed by atoms with Gasteiger partial charge in [-0.3, -0.25) is 14.4 Å². The number of Topliss-reactive ketones (excluding diaryl/α,β-unsaturated/α-hetero) is 2. The number of esters is 1. The summed E-state index contributed by atoms with van der Waals surface area (Å²) < 4.78 is 34.1. The van der Waals surface area contributed by atoms with Gasteiger partial charge in [0.1, 0.15) is 30.1 Å². The van der Waals surface area contributed by atoms with Gasteiger partial charge in [0, 0.05) is 58.5 Å². The normalized spacial score (nSPS) is 36.0. The Morgan fingerprint density at radius 3 is 2.22 bits per heavy atom. The number of rotatable bonds is 10. The van der Waals surface area contributed by atoms with Gasteiger partial charge < -0.3 is 53.8 Å². The zero-order chi connectivity index (χ0) is 60.6.